The summed E-state index contributed by atoms with van der Waals surface area (Å²) in [5.74, 6) is 0.474. The number of benzene rings is 1. The molecule has 0 bridgehead atoms. The van der Waals surface area contributed by atoms with E-state index in [1.165, 1.54) is 20.9 Å². The van der Waals surface area contributed by atoms with E-state index in [9.17, 15) is 4.79 Å². The molecule has 1 fully saturated rings. The lowest BCUT2D eigenvalue weighted by atomic mass is 9.97. The highest BCUT2D eigenvalue weighted by atomic mass is 79.9. The summed E-state index contributed by atoms with van der Waals surface area (Å²) in [7, 11) is 0. The standard InChI is InChI=1S/C18H19BrN6OS/c1-12-17(13-2-4-15(19)5-3-13)21-18(27-12)14-6-8-24(9-7-14)16(26)10-25-11-20-22-23-25/h2-5,11,14H,6-10H2,1H3. The van der Waals surface area contributed by atoms with Gasteiger partial charge in [0, 0.05) is 33.9 Å². The molecule has 9 heteroatoms. The van der Waals surface area contributed by atoms with E-state index in [4.69, 9.17) is 4.98 Å². The van der Waals surface area contributed by atoms with Crippen LogP contribution in [0.5, 0.6) is 0 Å². The van der Waals surface area contributed by atoms with E-state index in [2.05, 4.69) is 50.5 Å². The quantitative estimate of drug-likeness (QED) is 0.614. The van der Waals surface area contributed by atoms with Gasteiger partial charge in [0.1, 0.15) is 12.9 Å². The van der Waals surface area contributed by atoms with Crippen LogP contribution in [0.25, 0.3) is 11.3 Å². The summed E-state index contributed by atoms with van der Waals surface area (Å²) >= 11 is 5.25. The largest absolute Gasteiger partial charge is 0.341 e. The summed E-state index contributed by atoms with van der Waals surface area (Å²) < 4.78 is 2.53. The number of halogens is 1. The summed E-state index contributed by atoms with van der Waals surface area (Å²) in [5.41, 5.74) is 2.21. The summed E-state index contributed by atoms with van der Waals surface area (Å²) in [4.78, 5) is 20.4. The van der Waals surface area contributed by atoms with Crippen molar-refractivity contribution in [2.24, 2.45) is 0 Å². The Hall–Kier alpha value is -2.13. The van der Waals surface area contributed by atoms with Crippen LogP contribution in [0.2, 0.25) is 0 Å². The molecule has 0 spiro atoms. The van der Waals surface area contributed by atoms with Gasteiger partial charge in [-0.2, -0.15) is 0 Å². The van der Waals surface area contributed by atoms with Crippen LogP contribution in [-0.2, 0) is 11.3 Å². The van der Waals surface area contributed by atoms with Gasteiger partial charge < -0.3 is 4.90 Å². The first-order valence-corrected chi connectivity index (χ1v) is 10.4. The monoisotopic (exact) mass is 446 g/mol. The number of aromatic nitrogens is 5. The lowest BCUT2D eigenvalue weighted by molar-refractivity contribution is -0.133. The molecule has 140 valence electrons. The molecular formula is C18H19BrN6OS. The van der Waals surface area contributed by atoms with E-state index in [0.29, 0.717) is 5.92 Å². The van der Waals surface area contributed by atoms with Crippen molar-refractivity contribution in [3.63, 3.8) is 0 Å². The van der Waals surface area contributed by atoms with Crippen LogP contribution >= 0.6 is 27.3 Å². The van der Waals surface area contributed by atoms with Crippen molar-refractivity contribution in [2.45, 2.75) is 32.2 Å². The maximum Gasteiger partial charge on any atom is 0.244 e. The number of likely N-dealkylation sites (tertiary alicyclic amines) is 1. The topological polar surface area (TPSA) is 76.8 Å². The molecule has 1 aliphatic rings. The number of carbonyl (C=O) groups excluding carboxylic acids is 1. The maximum absolute atomic E-state index is 12.4. The number of hydrogen-bond donors (Lipinski definition) is 0. The van der Waals surface area contributed by atoms with Crippen LogP contribution in [0.15, 0.2) is 35.1 Å². The van der Waals surface area contributed by atoms with Crippen molar-refractivity contribution in [3.8, 4) is 11.3 Å². The van der Waals surface area contributed by atoms with Gasteiger partial charge in [-0.1, -0.05) is 28.1 Å². The Morgan fingerprint density at radius 1 is 1.26 bits per heavy atom. The highest BCUT2D eigenvalue weighted by Gasteiger charge is 2.26. The van der Waals surface area contributed by atoms with Crippen molar-refractivity contribution < 1.29 is 4.79 Å². The number of aryl methyl sites for hydroxylation is 1. The SMILES string of the molecule is Cc1sc(C2CCN(C(=O)Cn3cnnn3)CC2)nc1-c1ccc(Br)cc1. The average Bonchev–Trinajstić information content (AvgIpc) is 3.32. The Labute approximate surface area is 169 Å². The van der Waals surface area contributed by atoms with Gasteiger partial charge in [-0.15, -0.1) is 16.4 Å². The molecule has 1 saturated heterocycles. The molecule has 4 rings (SSSR count). The summed E-state index contributed by atoms with van der Waals surface area (Å²) in [5, 5.41) is 12.1. The van der Waals surface area contributed by atoms with Gasteiger partial charge in [-0.25, -0.2) is 9.67 Å². The number of hydrogen-bond acceptors (Lipinski definition) is 6. The Bertz CT molecular complexity index is 916. The smallest absolute Gasteiger partial charge is 0.244 e. The van der Waals surface area contributed by atoms with Crippen LogP contribution in [0.4, 0.5) is 0 Å². The fourth-order valence-corrected chi connectivity index (χ4v) is 4.71. The molecule has 0 aliphatic carbocycles. The van der Waals surface area contributed by atoms with Crippen molar-refractivity contribution >= 4 is 33.2 Å². The number of thiazole rings is 1. The van der Waals surface area contributed by atoms with Gasteiger partial charge in [-0.05, 0) is 42.3 Å². The molecule has 7 nitrogen and oxygen atoms in total. The van der Waals surface area contributed by atoms with Gasteiger partial charge in [0.05, 0.1) is 10.7 Å². The number of piperidine rings is 1. The maximum atomic E-state index is 12.4. The second kappa shape index (κ2) is 7.85. The van der Waals surface area contributed by atoms with E-state index in [0.717, 1.165) is 41.7 Å². The molecule has 1 aromatic carbocycles. The minimum Gasteiger partial charge on any atom is -0.341 e. The Morgan fingerprint density at radius 2 is 2.00 bits per heavy atom. The highest BCUT2D eigenvalue weighted by molar-refractivity contribution is 9.10. The molecular weight excluding hydrogens is 428 g/mol. The van der Waals surface area contributed by atoms with Gasteiger partial charge in [0.15, 0.2) is 0 Å². The minimum absolute atomic E-state index is 0.0617. The van der Waals surface area contributed by atoms with Crippen molar-refractivity contribution in [3.05, 3.63) is 45.0 Å². The molecule has 0 N–H and O–H groups in total. The molecule has 0 atom stereocenters. The van der Waals surface area contributed by atoms with E-state index in [-0.39, 0.29) is 12.5 Å². The third-order valence-electron chi connectivity index (χ3n) is 4.82. The van der Waals surface area contributed by atoms with Crippen LogP contribution in [-0.4, -0.2) is 49.1 Å². The molecule has 0 unspecified atom stereocenters. The highest BCUT2D eigenvalue weighted by Crippen LogP contribution is 2.36. The molecule has 3 aromatic rings. The van der Waals surface area contributed by atoms with E-state index < -0.39 is 0 Å². The molecule has 2 aromatic heterocycles. The summed E-state index contributed by atoms with van der Waals surface area (Å²) in [6, 6.07) is 8.28. The molecule has 27 heavy (non-hydrogen) atoms. The van der Waals surface area contributed by atoms with Crippen molar-refractivity contribution in [1.29, 1.82) is 0 Å². The lowest BCUT2D eigenvalue weighted by Crippen LogP contribution is -2.39. The first-order chi connectivity index (χ1) is 13.1. The molecule has 0 radical (unpaired) electrons. The van der Waals surface area contributed by atoms with Gasteiger partial charge in [0.25, 0.3) is 0 Å². The van der Waals surface area contributed by atoms with Gasteiger partial charge >= 0.3 is 0 Å². The van der Waals surface area contributed by atoms with E-state index in [1.807, 2.05) is 17.0 Å². The zero-order chi connectivity index (χ0) is 18.8. The fourth-order valence-electron chi connectivity index (χ4n) is 3.33. The molecule has 1 amide bonds. The third kappa shape index (κ3) is 4.08. The van der Waals surface area contributed by atoms with Gasteiger partial charge in [0.2, 0.25) is 5.91 Å². The lowest BCUT2D eigenvalue weighted by Gasteiger charge is -2.31. The third-order valence-corrected chi connectivity index (χ3v) is 6.48. The second-order valence-corrected chi connectivity index (χ2v) is 8.78. The number of nitrogens with zero attached hydrogens (tertiary/aromatic N) is 6. The first-order valence-electron chi connectivity index (χ1n) is 8.82. The van der Waals surface area contributed by atoms with Crippen LogP contribution in [0.1, 0.15) is 28.6 Å². The fraction of sp³-hybridized carbons (Fsp3) is 0.389. The normalized spacial score (nSPS) is 15.3. The minimum atomic E-state index is 0.0617. The number of rotatable bonds is 4. The van der Waals surface area contributed by atoms with Crippen molar-refractivity contribution in [2.75, 3.05) is 13.1 Å². The zero-order valence-corrected chi connectivity index (χ0v) is 17.3. The number of tetrazole rings is 1. The predicted molar refractivity (Wildman–Crippen MR) is 106 cm³/mol. The molecule has 3 heterocycles. The summed E-state index contributed by atoms with van der Waals surface area (Å²) in [6.45, 7) is 3.82. The van der Waals surface area contributed by atoms with Gasteiger partial charge in [-0.3, -0.25) is 4.79 Å². The first kappa shape index (κ1) is 18.2. The second-order valence-electron chi connectivity index (χ2n) is 6.63. The average molecular weight is 447 g/mol. The Balaban J connectivity index is 1.40. The van der Waals surface area contributed by atoms with Crippen LogP contribution in [0.3, 0.4) is 0 Å². The number of carbonyl (C=O) groups is 1. The number of amides is 1. The van der Waals surface area contributed by atoms with Crippen LogP contribution < -0.4 is 0 Å². The Kier molecular flexibility index (Phi) is 5.31. The molecule has 0 saturated carbocycles. The Morgan fingerprint density at radius 3 is 2.67 bits per heavy atom. The van der Waals surface area contributed by atoms with Crippen LogP contribution in [0, 0.1) is 6.92 Å². The van der Waals surface area contributed by atoms with Crippen molar-refractivity contribution in [1.82, 2.24) is 30.1 Å². The molecule has 1 aliphatic heterocycles. The van der Waals surface area contributed by atoms with E-state index >= 15 is 0 Å². The zero-order valence-electron chi connectivity index (χ0n) is 14.9. The van der Waals surface area contributed by atoms with E-state index in [1.54, 1.807) is 11.3 Å². The summed E-state index contributed by atoms with van der Waals surface area (Å²) in [6.07, 6.45) is 3.34. The predicted octanol–water partition coefficient (Wildman–Crippen LogP) is 3.27.